The maximum absolute atomic E-state index is 4.18. The number of rotatable bonds is 4. The molecule has 2 fully saturated rings. The van der Waals surface area contributed by atoms with Gasteiger partial charge in [0.1, 0.15) is 0 Å². The lowest BCUT2D eigenvalue weighted by Crippen LogP contribution is -2.31. The molecule has 4 rings (SSSR count). The van der Waals surface area contributed by atoms with Gasteiger partial charge < -0.3 is 10.2 Å². The molecule has 1 saturated carbocycles. The molecule has 1 saturated heterocycles. The summed E-state index contributed by atoms with van der Waals surface area (Å²) >= 11 is 0. The summed E-state index contributed by atoms with van der Waals surface area (Å²) in [4.78, 5) is 6.86. The molecule has 1 aromatic carbocycles. The Hall–Kier alpha value is -1.61. The first-order valence-electron chi connectivity index (χ1n) is 9.19. The van der Waals surface area contributed by atoms with E-state index in [0.29, 0.717) is 6.04 Å². The first-order chi connectivity index (χ1) is 11.4. The Labute approximate surface area is 139 Å². The van der Waals surface area contributed by atoms with Crippen LogP contribution in [-0.4, -0.2) is 35.6 Å². The smallest absolute Gasteiger partial charge is 0.0400 e. The van der Waals surface area contributed by atoms with Crippen LogP contribution in [0.2, 0.25) is 0 Å². The Kier molecular flexibility index (Phi) is 4.47. The molecule has 1 aliphatic heterocycles. The van der Waals surface area contributed by atoms with Crippen molar-refractivity contribution in [3.05, 3.63) is 36.7 Å². The summed E-state index contributed by atoms with van der Waals surface area (Å²) < 4.78 is 0. The normalized spacial score (nSPS) is 23.4. The Morgan fingerprint density at radius 2 is 1.96 bits per heavy atom. The van der Waals surface area contributed by atoms with Crippen molar-refractivity contribution in [3.8, 4) is 0 Å². The van der Waals surface area contributed by atoms with Crippen LogP contribution in [0.15, 0.2) is 36.7 Å². The van der Waals surface area contributed by atoms with Crippen LogP contribution in [0.3, 0.4) is 0 Å². The zero-order chi connectivity index (χ0) is 15.5. The van der Waals surface area contributed by atoms with E-state index in [1.54, 1.807) is 0 Å². The van der Waals surface area contributed by atoms with Gasteiger partial charge in [-0.3, -0.25) is 4.98 Å². The van der Waals surface area contributed by atoms with Crippen molar-refractivity contribution < 1.29 is 0 Å². The monoisotopic (exact) mass is 309 g/mol. The summed E-state index contributed by atoms with van der Waals surface area (Å²) in [6, 6.07) is 9.29. The van der Waals surface area contributed by atoms with E-state index in [9.17, 15) is 0 Å². The van der Waals surface area contributed by atoms with Crippen LogP contribution in [0.5, 0.6) is 0 Å². The molecule has 0 spiro atoms. The minimum Gasteiger partial charge on any atom is -0.381 e. The second kappa shape index (κ2) is 6.88. The fraction of sp³-hybridized carbons (Fsp3) is 0.550. The van der Waals surface area contributed by atoms with Crippen LogP contribution >= 0.6 is 0 Å². The summed E-state index contributed by atoms with van der Waals surface area (Å²) in [5, 5.41) is 6.22. The van der Waals surface area contributed by atoms with Gasteiger partial charge in [-0.1, -0.05) is 25.3 Å². The molecule has 2 heterocycles. The van der Waals surface area contributed by atoms with Gasteiger partial charge in [0.25, 0.3) is 0 Å². The van der Waals surface area contributed by atoms with Crippen LogP contribution in [0, 0.1) is 5.92 Å². The molecule has 1 aromatic heterocycles. The Morgan fingerprint density at radius 3 is 2.87 bits per heavy atom. The number of aromatic nitrogens is 1. The summed E-state index contributed by atoms with van der Waals surface area (Å²) in [5.41, 5.74) is 1.24. The molecule has 0 amide bonds. The predicted molar refractivity (Wildman–Crippen MR) is 96.8 cm³/mol. The lowest BCUT2D eigenvalue weighted by Gasteiger charge is -2.26. The maximum atomic E-state index is 4.18. The number of pyridine rings is 1. The van der Waals surface area contributed by atoms with E-state index in [4.69, 9.17) is 0 Å². The Balaban J connectivity index is 1.34. The number of benzene rings is 1. The van der Waals surface area contributed by atoms with E-state index in [-0.39, 0.29) is 0 Å². The second-order valence-electron chi connectivity index (χ2n) is 7.33. The summed E-state index contributed by atoms with van der Waals surface area (Å²) in [6.07, 6.45) is 12.3. The fourth-order valence-corrected chi connectivity index (χ4v) is 4.26. The van der Waals surface area contributed by atoms with E-state index in [2.05, 4.69) is 39.5 Å². The van der Waals surface area contributed by atoms with E-state index < -0.39 is 0 Å². The highest BCUT2D eigenvalue weighted by Crippen LogP contribution is 2.26. The van der Waals surface area contributed by atoms with Gasteiger partial charge in [-0.05, 0) is 48.8 Å². The topological polar surface area (TPSA) is 28.2 Å². The molecule has 122 valence electrons. The number of hydrogen-bond acceptors (Lipinski definition) is 3. The van der Waals surface area contributed by atoms with E-state index in [1.165, 1.54) is 74.6 Å². The van der Waals surface area contributed by atoms with Crippen molar-refractivity contribution in [2.45, 2.75) is 44.6 Å². The summed E-state index contributed by atoms with van der Waals surface area (Å²) in [5.74, 6) is 0.954. The van der Waals surface area contributed by atoms with Crippen LogP contribution in [0.25, 0.3) is 10.8 Å². The zero-order valence-corrected chi connectivity index (χ0v) is 13.9. The molecule has 23 heavy (non-hydrogen) atoms. The van der Waals surface area contributed by atoms with Crippen molar-refractivity contribution >= 4 is 16.5 Å². The SMILES string of the molecule is c1cc2cc(N[C@@H]3CCN(CC4CCCCC4)C3)ccc2cn1. The minimum atomic E-state index is 0.595. The van der Waals surface area contributed by atoms with Crippen molar-refractivity contribution in [2.75, 3.05) is 25.0 Å². The quantitative estimate of drug-likeness (QED) is 0.912. The highest BCUT2D eigenvalue weighted by molar-refractivity contribution is 5.84. The number of fused-ring (bicyclic) bond motifs is 1. The molecule has 1 aliphatic carbocycles. The maximum Gasteiger partial charge on any atom is 0.0400 e. The molecule has 2 aliphatic rings. The Morgan fingerprint density at radius 1 is 1.04 bits per heavy atom. The molecule has 2 aromatic rings. The lowest BCUT2D eigenvalue weighted by molar-refractivity contribution is 0.233. The summed E-state index contributed by atoms with van der Waals surface area (Å²) in [7, 11) is 0. The standard InChI is InChI=1S/C20H27N3/c1-2-4-16(5-3-1)14-23-11-9-20(15-23)22-19-7-6-18-13-21-10-8-17(18)12-19/h6-8,10,12-13,16,20,22H,1-5,9,11,14-15H2/t20-/m1/s1. The number of nitrogens with one attached hydrogen (secondary N) is 1. The Bertz CT molecular complexity index is 648. The molecule has 3 heteroatoms. The van der Waals surface area contributed by atoms with Gasteiger partial charge in [0, 0.05) is 49.1 Å². The molecule has 1 atom stereocenters. The first-order valence-corrected chi connectivity index (χ1v) is 9.19. The van der Waals surface area contributed by atoms with Gasteiger partial charge >= 0.3 is 0 Å². The van der Waals surface area contributed by atoms with Crippen molar-refractivity contribution in [1.29, 1.82) is 0 Å². The molecule has 0 bridgehead atoms. The molecular weight excluding hydrogens is 282 g/mol. The molecule has 1 N–H and O–H groups in total. The average Bonchev–Trinajstić information content (AvgIpc) is 3.02. The molecule has 3 nitrogen and oxygen atoms in total. The zero-order valence-electron chi connectivity index (χ0n) is 13.9. The highest BCUT2D eigenvalue weighted by Gasteiger charge is 2.25. The number of hydrogen-bond donors (Lipinski definition) is 1. The van der Waals surface area contributed by atoms with E-state index in [1.807, 2.05) is 12.4 Å². The van der Waals surface area contributed by atoms with Gasteiger partial charge in [0.2, 0.25) is 0 Å². The molecular formula is C20H27N3. The van der Waals surface area contributed by atoms with Gasteiger partial charge in [-0.15, -0.1) is 0 Å². The largest absolute Gasteiger partial charge is 0.381 e. The number of anilines is 1. The second-order valence-corrected chi connectivity index (χ2v) is 7.33. The number of nitrogens with zero attached hydrogens (tertiary/aromatic N) is 2. The predicted octanol–water partition coefficient (Wildman–Crippen LogP) is 4.30. The average molecular weight is 309 g/mol. The van der Waals surface area contributed by atoms with Crippen molar-refractivity contribution in [2.24, 2.45) is 5.92 Å². The van der Waals surface area contributed by atoms with Crippen LogP contribution in [-0.2, 0) is 0 Å². The fourth-order valence-electron chi connectivity index (χ4n) is 4.26. The van der Waals surface area contributed by atoms with E-state index >= 15 is 0 Å². The van der Waals surface area contributed by atoms with Gasteiger partial charge in [0.05, 0.1) is 0 Å². The van der Waals surface area contributed by atoms with Crippen molar-refractivity contribution in [1.82, 2.24) is 9.88 Å². The van der Waals surface area contributed by atoms with Crippen molar-refractivity contribution in [3.63, 3.8) is 0 Å². The molecule has 0 radical (unpaired) electrons. The highest BCUT2D eigenvalue weighted by atomic mass is 15.2. The first kappa shape index (κ1) is 14.9. The minimum absolute atomic E-state index is 0.595. The number of likely N-dealkylation sites (tertiary alicyclic amines) is 1. The summed E-state index contributed by atoms with van der Waals surface area (Å²) in [6.45, 7) is 3.78. The van der Waals surface area contributed by atoms with Gasteiger partial charge in [0.15, 0.2) is 0 Å². The lowest BCUT2D eigenvalue weighted by atomic mass is 9.89. The van der Waals surface area contributed by atoms with Crippen LogP contribution in [0.4, 0.5) is 5.69 Å². The van der Waals surface area contributed by atoms with Gasteiger partial charge in [-0.25, -0.2) is 0 Å². The van der Waals surface area contributed by atoms with Crippen LogP contribution in [0.1, 0.15) is 38.5 Å². The van der Waals surface area contributed by atoms with E-state index in [0.717, 1.165) is 5.92 Å². The molecule has 0 unspecified atom stereocenters. The third-order valence-electron chi connectivity index (χ3n) is 5.52. The third-order valence-corrected chi connectivity index (χ3v) is 5.52. The van der Waals surface area contributed by atoms with Gasteiger partial charge in [-0.2, -0.15) is 0 Å². The third kappa shape index (κ3) is 3.66. The van der Waals surface area contributed by atoms with Crippen LogP contribution < -0.4 is 5.32 Å².